The zero-order valence-corrected chi connectivity index (χ0v) is 22.7. The Morgan fingerprint density at radius 2 is 1.58 bits per heavy atom. The van der Waals surface area contributed by atoms with E-state index >= 15 is 0 Å². The predicted molar refractivity (Wildman–Crippen MR) is 142 cm³/mol. The van der Waals surface area contributed by atoms with Gasteiger partial charge in [0.05, 0.1) is 46.2 Å². The van der Waals surface area contributed by atoms with Gasteiger partial charge in [-0.3, -0.25) is 29.4 Å². The third-order valence-corrected chi connectivity index (χ3v) is 5.63. The number of nitrogens with one attached hydrogen (secondary N) is 3. The van der Waals surface area contributed by atoms with Gasteiger partial charge >= 0.3 is 0 Å². The first-order chi connectivity index (χ1) is 18.4. The van der Waals surface area contributed by atoms with Crippen LogP contribution in [0.15, 0.2) is 18.2 Å². The van der Waals surface area contributed by atoms with Crippen LogP contribution in [0.1, 0.15) is 35.7 Å². The van der Waals surface area contributed by atoms with Crippen LogP contribution < -0.4 is 16.0 Å². The summed E-state index contributed by atoms with van der Waals surface area (Å²) in [6.07, 6.45) is 1.83. The molecule has 0 aromatic heterocycles. The number of hydrogen-bond acceptors (Lipinski definition) is 10. The first-order valence-corrected chi connectivity index (χ1v) is 12.7. The summed E-state index contributed by atoms with van der Waals surface area (Å²) in [5.41, 5.74) is 1.64. The summed E-state index contributed by atoms with van der Waals surface area (Å²) in [6.45, 7) is 6.09. The lowest BCUT2D eigenvalue weighted by molar-refractivity contribution is -0.125. The van der Waals surface area contributed by atoms with Gasteiger partial charge in [-0.2, -0.15) is 0 Å². The minimum atomic E-state index is -0.350. The normalized spacial score (nSPS) is 11.8. The number of aldehydes is 1. The van der Waals surface area contributed by atoms with Crippen molar-refractivity contribution in [2.75, 3.05) is 78.8 Å². The number of anilines is 1. The van der Waals surface area contributed by atoms with Crippen LogP contribution in [0.2, 0.25) is 0 Å². The Balaban J connectivity index is 2.37. The van der Waals surface area contributed by atoms with E-state index < -0.39 is 0 Å². The third kappa shape index (κ3) is 14.9. The molecule has 0 fully saturated rings. The van der Waals surface area contributed by atoms with E-state index in [2.05, 4.69) is 16.0 Å². The molecule has 0 saturated carbocycles. The fourth-order valence-electron chi connectivity index (χ4n) is 3.30. The molecule has 1 rings (SSSR count). The van der Waals surface area contributed by atoms with Gasteiger partial charge in [0.2, 0.25) is 18.2 Å². The van der Waals surface area contributed by atoms with Gasteiger partial charge in [-0.25, -0.2) is 0 Å². The van der Waals surface area contributed by atoms with Crippen LogP contribution in [-0.4, -0.2) is 109 Å². The number of likely N-dealkylation sites (N-methyl/N-ethyl adjacent to an activating group) is 1. The van der Waals surface area contributed by atoms with Crippen LogP contribution in [0.4, 0.5) is 5.69 Å². The highest BCUT2D eigenvalue weighted by Crippen LogP contribution is 2.22. The molecule has 0 aliphatic carbocycles. The molecular weight excluding hydrogens is 496 g/mol. The summed E-state index contributed by atoms with van der Waals surface area (Å²) in [4.78, 5) is 48.0. The number of carbonyl (C=O) groups is 4. The second-order valence-corrected chi connectivity index (χ2v) is 8.52. The second kappa shape index (κ2) is 21.2. The van der Waals surface area contributed by atoms with E-state index in [1.807, 2.05) is 25.9 Å². The van der Waals surface area contributed by atoms with Crippen molar-refractivity contribution in [2.24, 2.45) is 0 Å². The van der Waals surface area contributed by atoms with Gasteiger partial charge in [0.1, 0.15) is 12.9 Å². The SMILES string of the molecule is CNCCOCCOCCOCCOCC(=O)Nc1cccc(C=O)c1CN(C)C(C)CCC(=O)NC=O. The van der Waals surface area contributed by atoms with E-state index in [1.54, 1.807) is 18.2 Å². The van der Waals surface area contributed by atoms with E-state index in [0.717, 1.165) is 12.8 Å². The Kier molecular flexibility index (Phi) is 18.6. The summed E-state index contributed by atoms with van der Waals surface area (Å²) in [7, 11) is 3.73. The minimum absolute atomic E-state index is 0.0129. The van der Waals surface area contributed by atoms with Crippen LogP contribution in [0.5, 0.6) is 0 Å². The molecular formula is C26H42N4O8. The molecule has 214 valence electrons. The van der Waals surface area contributed by atoms with E-state index in [1.165, 1.54) is 0 Å². The predicted octanol–water partition coefficient (Wildman–Crippen LogP) is 0.597. The second-order valence-electron chi connectivity index (χ2n) is 8.52. The number of ether oxygens (including phenoxy) is 4. The maximum Gasteiger partial charge on any atom is 0.250 e. The Morgan fingerprint density at radius 1 is 0.947 bits per heavy atom. The molecule has 38 heavy (non-hydrogen) atoms. The van der Waals surface area contributed by atoms with E-state index in [0.29, 0.717) is 75.8 Å². The fraction of sp³-hybridized carbons (Fsp3) is 0.615. The molecule has 1 aromatic rings. The zero-order chi connectivity index (χ0) is 28.0. The molecule has 12 nitrogen and oxygen atoms in total. The molecule has 3 N–H and O–H groups in total. The zero-order valence-electron chi connectivity index (χ0n) is 22.7. The van der Waals surface area contributed by atoms with Crippen LogP contribution in [0.3, 0.4) is 0 Å². The average Bonchev–Trinajstić information content (AvgIpc) is 2.90. The molecule has 0 aliphatic rings. The maximum absolute atomic E-state index is 12.4. The Hall–Kier alpha value is -2.74. The Bertz CT molecular complexity index is 839. The molecule has 0 radical (unpaired) electrons. The standard InChI is InChI=1S/C26H42N4O8/c1-21(7-8-25(33)28-20-32)30(3)17-23-22(18-31)5-4-6-24(23)29-26(34)19-38-16-15-37-14-13-36-12-11-35-10-9-27-2/h4-6,18,20-21,27H,7-17,19H2,1-3H3,(H,29,34)(H,28,32,33). The largest absolute Gasteiger partial charge is 0.378 e. The van der Waals surface area contributed by atoms with E-state index in [4.69, 9.17) is 18.9 Å². The van der Waals surface area contributed by atoms with Crippen LogP contribution >= 0.6 is 0 Å². The van der Waals surface area contributed by atoms with Crippen LogP contribution in [-0.2, 0) is 39.9 Å². The molecule has 1 atom stereocenters. The van der Waals surface area contributed by atoms with Crippen molar-refractivity contribution in [1.82, 2.24) is 15.5 Å². The lowest BCUT2D eigenvalue weighted by Crippen LogP contribution is -2.31. The van der Waals surface area contributed by atoms with Crippen molar-refractivity contribution < 1.29 is 38.1 Å². The van der Waals surface area contributed by atoms with Crippen molar-refractivity contribution in [3.05, 3.63) is 29.3 Å². The van der Waals surface area contributed by atoms with Gasteiger partial charge in [-0.15, -0.1) is 0 Å². The molecule has 0 bridgehead atoms. The monoisotopic (exact) mass is 538 g/mol. The highest BCUT2D eigenvalue weighted by molar-refractivity contribution is 5.94. The lowest BCUT2D eigenvalue weighted by atomic mass is 10.0. The number of carbonyl (C=O) groups excluding carboxylic acids is 4. The number of benzene rings is 1. The highest BCUT2D eigenvalue weighted by Gasteiger charge is 2.17. The minimum Gasteiger partial charge on any atom is -0.378 e. The molecule has 1 unspecified atom stereocenters. The smallest absolute Gasteiger partial charge is 0.250 e. The number of nitrogens with zero attached hydrogens (tertiary/aromatic N) is 1. The molecule has 0 aliphatic heterocycles. The van der Waals surface area contributed by atoms with Gasteiger partial charge in [0.25, 0.3) is 0 Å². The van der Waals surface area contributed by atoms with Crippen molar-refractivity contribution in [3.63, 3.8) is 0 Å². The van der Waals surface area contributed by atoms with Crippen molar-refractivity contribution >= 4 is 30.2 Å². The molecule has 0 heterocycles. The third-order valence-electron chi connectivity index (χ3n) is 5.63. The first kappa shape index (κ1) is 33.3. The number of hydrogen-bond donors (Lipinski definition) is 3. The van der Waals surface area contributed by atoms with Crippen molar-refractivity contribution in [2.45, 2.75) is 32.4 Å². The van der Waals surface area contributed by atoms with Crippen molar-refractivity contribution in [3.8, 4) is 0 Å². The number of rotatable bonds is 23. The van der Waals surface area contributed by atoms with Crippen molar-refractivity contribution in [1.29, 1.82) is 0 Å². The Labute approximate surface area is 224 Å². The summed E-state index contributed by atoms with van der Waals surface area (Å²) in [6, 6.07) is 5.09. The number of amides is 3. The maximum atomic E-state index is 12.4. The molecule has 1 aromatic carbocycles. The van der Waals surface area contributed by atoms with Crippen LogP contribution in [0.25, 0.3) is 0 Å². The first-order valence-electron chi connectivity index (χ1n) is 12.7. The van der Waals surface area contributed by atoms with Gasteiger partial charge < -0.3 is 29.6 Å². The lowest BCUT2D eigenvalue weighted by Gasteiger charge is -2.26. The summed E-state index contributed by atoms with van der Waals surface area (Å²) in [5, 5.41) is 7.93. The van der Waals surface area contributed by atoms with Gasteiger partial charge in [0.15, 0.2) is 0 Å². The quantitative estimate of drug-likeness (QED) is 0.134. The number of imide groups is 1. The molecule has 0 spiro atoms. The molecule has 3 amide bonds. The molecule has 0 saturated heterocycles. The topological polar surface area (TPSA) is 145 Å². The van der Waals surface area contributed by atoms with E-state index in [-0.39, 0.29) is 37.5 Å². The van der Waals surface area contributed by atoms with E-state index in [9.17, 15) is 19.2 Å². The van der Waals surface area contributed by atoms with Gasteiger partial charge in [-0.05, 0) is 33.5 Å². The average molecular weight is 539 g/mol. The van der Waals surface area contributed by atoms with Gasteiger partial charge in [-0.1, -0.05) is 12.1 Å². The summed E-state index contributed by atoms with van der Waals surface area (Å²) in [5.74, 6) is -0.696. The van der Waals surface area contributed by atoms with Gasteiger partial charge in [0, 0.05) is 42.4 Å². The summed E-state index contributed by atoms with van der Waals surface area (Å²) < 4.78 is 21.6. The summed E-state index contributed by atoms with van der Waals surface area (Å²) >= 11 is 0. The van der Waals surface area contributed by atoms with Crippen LogP contribution in [0, 0.1) is 0 Å². The molecule has 12 heteroatoms. The Morgan fingerprint density at radius 3 is 2.18 bits per heavy atom. The fourth-order valence-corrected chi connectivity index (χ4v) is 3.30. The highest BCUT2D eigenvalue weighted by atomic mass is 16.6.